The minimum atomic E-state index is -0.743. The number of aromatic hydroxyl groups is 1. The fraction of sp³-hybridized carbons (Fsp3) is 0.440. The Bertz CT molecular complexity index is 1040. The molecule has 1 aliphatic carbocycles. The van der Waals surface area contributed by atoms with Crippen LogP contribution >= 0.6 is 0 Å². The first-order chi connectivity index (χ1) is 15.5. The quantitative estimate of drug-likeness (QED) is 0.802. The van der Waals surface area contributed by atoms with Crippen molar-refractivity contribution in [3.63, 3.8) is 0 Å². The number of benzene rings is 2. The van der Waals surface area contributed by atoms with E-state index in [-0.39, 0.29) is 17.4 Å². The lowest BCUT2D eigenvalue weighted by Gasteiger charge is -2.43. The first-order valence-corrected chi connectivity index (χ1v) is 11.4. The van der Waals surface area contributed by atoms with E-state index >= 15 is 0 Å². The molecule has 6 nitrogen and oxygen atoms in total. The van der Waals surface area contributed by atoms with Gasteiger partial charge in [0.1, 0.15) is 0 Å². The Balaban J connectivity index is 1.23. The maximum atomic E-state index is 13.3. The number of hydrogen-bond acceptors (Lipinski definition) is 4. The Labute approximate surface area is 187 Å². The number of phenolic OH excluding ortho intramolecular Hbond substituents is 1. The molecular weight excluding hydrogens is 409 g/mol. The molecule has 1 N–H and O–H groups in total. The predicted octanol–water partition coefficient (Wildman–Crippen LogP) is 3.04. The minimum absolute atomic E-state index is 0.0846. The minimum Gasteiger partial charge on any atom is -0.505 e. The van der Waals surface area contributed by atoms with Gasteiger partial charge in [0.2, 0.25) is 0 Å². The molecule has 1 saturated carbocycles. The topological polar surface area (TPSA) is 64.1 Å². The van der Waals surface area contributed by atoms with Gasteiger partial charge in [-0.25, -0.2) is 4.39 Å². The van der Waals surface area contributed by atoms with Crippen LogP contribution in [0.15, 0.2) is 36.4 Å². The number of phenols is 1. The van der Waals surface area contributed by atoms with E-state index in [0.29, 0.717) is 25.1 Å². The Morgan fingerprint density at radius 3 is 2.22 bits per heavy atom. The molecule has 1 saturated heterocycles. The van der Waals surface area contributed by atoms with E-state index in [4.69, 9.17) is 0 Å². The molecule has 5 rings (SSSR count). The van der Waals surface area contributed by atoms with E-state index in [2.05, 4.69) is 4.90 Å². The van der Waals surface area contributed by atoms with E-state index in [1.807, 2.05) is 23.1 Å². The van der Waals surface area contributed by atoms with Crippen molar-refractivity contribution in [2.24, 2.45) is 0 Å². The van der Waals surface area contributed by atoms with Crippen molar-refractivity contribution in [1.82, 2.24) is 14.7 Å². The van der Waals surface area contributed by atoms with E-state index in [1.165, 1.54) is 31.4 Å². The molecule has 0 radical (unpaired) electrons. The van der Waals surface area contributed by atoms with Crippen molar-refractivity contribution in [2.75, 3.05) is 32.7 Å². The van der Waals surface area contributed by atoms with Crippen molar-refractivity contribution >= 4 is 11.8 Å². The van der Waals surface area contributed by atoms with E-state index in [1.54, 1.807) is 4.90 Å². The average molecular weight is 438 g/mol. The van der Waals surface area contributed by atoms with Gasteiger partial charge in [-0.1, -0.05) is 12.5 Å². The third-order valence-corrected chi connectivity index (χ3v) is 7.14. The summed E-state index contributed by atoms with van der Waals surface area (Å²) in [6.07, 6.45) is 4.57. The lowest BCUT2D eigenvalue weighted by molar-refractivity contribution is 0.0455. The predicted molar refractivity (Wildman–Crippen MR) is 118 cm³/mol. The number of halogens is 1. The number of rotatable bonds is 3. The molecule has 2 amide bonds. The van der Waals surface area contributed by atoms with Crippen molar-refractivity contribution in [3.8, 4) is 5.75 Å². The summed E-state index contributed by atoms with van der Waals surface area (Å²) in [4.78, 5) is 32.0. The average Bonchev–Trinajstić information content (AvgIpc) is 2.78. The van der Waals surface area contributed by atoms with Gasteiger partial charge in [0.05, 0.1) is 0 Å². The number of amides is 2. The third kappa shape index (κ3) is 3.97. The molecule has 168 valence electrons. The molecule has 2 aliphatic heterocycles. The van der Waals surface area contributed by atoms with Gasteiger partial charge in [0.15, 0.2) is 11.6 Å². The molecule has 2 aromatic carbocycles. The van der Waals surface area contributed by atoms with Crippen LogP contribution in [0.4, 0.5) is 4.39 Å². The van der Waals surface area contributed by atoms with Gasteiger partial charge in [-0.2, -0.15) is 0 Å². The van der Waals surface area contributed by atoms with Gasteiger partial charge in [0, 0.05) is 56.4 Å². The van der Waals surface area contributed by atoms with Crippen LogP contribution in [-0.4, -0.2) is 70.4 Å². The van der Waals surface area contributed by atoms with E-state index < -0.39 is 11.6 Å². The molecule has 0 atom stereocenters. The summed E-state index contributed by atoms with van der Waals surface area (Å²) in [5, 5.41) is 9.57. The Morgan fingerprint density at radius 2 is 1.53 bits per heavy atom. The van der Waals surface area contributed by atoms with Gasteiger partial charge in [-0.3, -0.25) is 14.5 Å². The Kier molecular flexibility index (Phi) is 5.59. The second-order valence-electron chi connectivity index (χ2n) is 9.04. The molecule has 0 spiro atoms. The number of piperazine rings is 1. The summed E-state index contributed by atoms with van der Waals surface area (Å²) < 4.78 is 13.3. The maximum absolute atomic E-state index is 13.3. The third-order valence-electron chi connectivity index (χ3n) is 7.14. The molecule has 2 heterocycles. The number of fused-ring (bicyclic) bond motifs is 1. The fourth-order valence-corrected chi connectivity index (χ4v) is 4.91. The summed E-state index contributed by atoms with van der Waals surface area (Å²) in [5.41, 5.74) is 3.08. The Morgan fingerprint density at radius 1 is 0.844 bits per heavy atom. The van der Waals surface area contributed by atoms with Crippen LogP contribution in [0.3, 0.4) is 0 Å². The zero-order chi connectivity index (χ0) is 22.2. The van der Waals surface area contributed by atoms with Crippen LogP contribution in [0.1, 0.15) is 51.1 Å². The normalized spacial score (nSPS) is 19.4. The van der Waals surface area contributed by atoms with Crippen molar-refractivity contribution in [3.05, 3.63) is 64.5 Å². The first kappa shape index (κ1) is 20.9. The summed E-state index contributed by atoms with van der Waals surface area (Å²) >= 11 is 0. The van der Waals surface area contributed by atoms with Crippen molar-refractivity contribution in [2.45, 2.75) is 38.3 Å². The lowest BCUT2D eigenvalue weighted by atomic mass is 9.91. The second kappa shape index (κ2) is 8.54. The Hall–Kier alpha value is -2.93. The highest BCUT2D eigenvalue weighted by Crippen LogP contribution is 2.27. The second-order valence-corrected chi connectivity index (χ2v) is 9.04. The zero-order valence-electron chi connectivity index (χ0n) is 18.1. The maximum Gasteiger partial charge on any atom is 0.254 e. The van der Waals surface area contributed by atoms with Crippen molar-refractivity contribution < 1.29 is 19.1 Å². The smallest absolute Gasteiger partial charge is 0.254 e. The van der Waals surface area contributed by atoms with Gasteiger partial charge in [-0.05, 0) is 60.7 Å². The number of nitrogens with zero attached hydrogens (tertiary/aromatic N) is 3. The molecule has 32 heavy (non-hydrogen) atoms. The van der Waals surface area contributed by atoms with Crippen LogP contribution in [-0.2, 0) is 13.0 Å². The van der Waals surface area contributed by atoms with Crippen LogP contribution in [0.2, 0.25) is 0 Å². The van der Waals surface area contributed by atoms with Crippen molar-refractivity contribution in [1.29, 1.82) is 0 Å². The van der Waals surface area contributed by atoms with Gasteiger partial charge in [0.25, 0.3) is 11.8 Å². The summed E-state index contributed by atoms with van der Waals surface area (Å²) in [6.45, 7) is 4.41. The number of carbonyl (C=O) groups is 2. The largest absolute Gasteiger partial charge is 0.505 e. The molecule has 0 unspecified atom stereocenters. The summed E-state index contributed by atoms with van der Waals surface area (Å²) in [5.74, 6) is -1.42. The highest BCUT2D eigenvalue weighted by atomic mass is 19.1. The lowest BCUT2D eigenvalue weighted by Crippen LogP contribution is -2.53. The highest BCUT2D eigenvalue weighted by Gasteiger charge is 2.30. The molecule has 0 aromatic heterocycles. The summed E-state index contributed by atoms with van der Waals surface area (Å²) in [6, 6.07) is 10.2. The molecule has 2 fully saturated rings. The molecule has 3 aliphatic rings. The highest BCUT2D eigenvalue weighted by molar-refractivity contribution is 5.95. The fourth-order valence-electron chi connectivity index (χ4n) is 4.91. The SMILES string of the molecule is O=C(c1ccc2c(c1)CCN(C(=O)c1ccc(F)c(O)c1)C2)N1CCN(C2CCC2)CC1. The van der Waals surface area contributed by atoms with Crippen LogP contribution < -0.4 is 0 Å². The van der Waals surface area contributed by atoms with Gasteiger partial charge < -0.3 is 14.9 Å². The van der Waals surface area contributed by atoms with Crippen LogP contribution in [0.5, 0.6) is 5.75 Å². The number of carbonyl (C=O) groups excluding carboxylic acids is 2. The van der Waals surface area contributed by atoms with Gasteiger partial charge in [-0.15, -0.1) is 0 Å². The molecule has 2 aromatic rings. The standard InChI is InChI=1S/C25H28FN3O3/c26-22-7-6-19(15-23(22)30)25(32)29-9-8-17-14-18(4-5-20(17)16-29)24(31)28-12-10-27(11-13-28)21-2-1-3-21/h4-7,14-15,21,30H,1-3,8-13,16H2. The monoisotopic (exact) mass is 437 g/mol. The van der Waals surface area contributed by atoms with E-state index in [9.17, 15) is 19.1 Å². The molecule has 0 bridgehead atoms. The zero-order valence-corrected chi connectivity index (χ0v) is 18.1. The number of hydrogen-bond donors (Lipinski definition) is 1. The molecular formula is C25H28FN3O3. The van der Waals surface area contributed by atoms with Crippen LogP contribution in [0.25, 0.3) is 0 Å². The first-order valence-electron chi connectivity index (χ1n) is 11.4. The summed E-state index contributed by atoms with van der Waals surface area (Å²) in [7, 11) is 0. The van der Waals surface area contributed by atoms with E-state index in [0.717, 1.165) is 49.4 Å². The molecule has 7 heteroatoms. The van der Waals surface area contributed by atoms with Gasteiger partial charge >= 0.3 is 0 Å². The van der Waals surface area contributed by atoms with Crippen LogP contribution in [0, 0.1) is 5.82 Å².